The molecule has 0 saturated heterocycles. The molecule has 0 aromatic heterocycles. The van der Waals surface area contributed by atoms with Gasteiger partial charge in [-0.25, -0.2) is 0 Å². The summed E-state index contributed by atoms with van der Waals surface area (Å²) < 4.78 is 0. The van der Waals surface area contributed by atoms with Crippen LogP contribution < -0.4 is 0 Å². The van der Waals surface area contributed by atoms with Crippen molar-refractivity contribution in [1.29, 1.82) is 0 Å². The molecule has 3 rings (SSSR count). The summed E-state index contributed by atoms with van der Waals surface area (Å²) in [6, 6.07) is 23.5. The van der Waals surface area contributed by atoms with Crippen LogP contribution in [-0.2, 0) is 36.5 Å². The van der Waals surface area contributed by atoms with E-state index in [1.165, 1.54) is 27.8 Å². The summed E-state index contributed by atoms with van der Waals surface area (Å²) in [6.07, 6.45) is 3.78. The Labute approximate surface area is 189 Å². The SMILES string of the molecule is CCc1ccccc1C(C)(C)Cc1cccc(O)c1CC(C)(C)c1ccccc1CC. The Morgan fingerprint density at radius 1 is 0.581 bits per heavy atom. The van der Waals surface area contributed by atoms with Gasteiger partial charge in [0.15, 0.2) is 0 Å². The topological polar surface area (TPSA) is 20.2 Å². The maximum Gasteiger partial charge on any atom is 0.119 e. The molecule has 3 aromatic rings. The first kappa shape index (κ1) is 23.1. The van der Waals surface area contributed by atoms with E-state index in [0.717, 1.165) is 31.2 Å². The quantitative estimate of drug-likeness (QED) is 0.403. The predicted octanol–water partition coefficient (Wildman–Crippen LogP) is 7.56. The van der Waals surface area contributed by atoms with Gasteiger partial charge in [0.2, 0.25) is 0 Å². The van der Waals surface area contributed by atoms with Crippen LogP contribution >= 0.6 is 0 Å². The van der Waals surface area contributed by atoms with Gasteiger partial charge in [-0.2, -0.15) is 0 Å². The fourth-order valence-corrected chi connectivity index (χ4v) is 5.08. The number of hydrogen-bond acceptors (Lipinski definition) is 1. The van der Waals surface area contributed by atoms with E-state index in [1.54, 1.807) is 0 Å². The summed E-state index contributed by atoms with van der Waals surface area (Å²) in [5.74, 6) is 0.416. The summed E-state index contributed by atoms with van der Waals surface area (Å²) >= 11 is 0. The fourth-order valence-electron chi connectivity index (χ4n) is 5.08. The zero-order chi connectivity index (χ0) is 22.6. The molecule has 1 heteroatoms. The minimum Gasteiger partial charge on any atom is -0.508 e. The number of aromatic hydroxyl groups is 1. The number of aryl methyl sites for hydroxylation is 2. The number of phenolic OH excluding ortho intramolecular Hbond substituents is 1. The van der Waals surface area contributed by atoms with E-state index >= 15 is 0 Å². The minimum atomic E-state index is -0.0638. The smallest absolute Gasteiger partial charge is 0.119 e. The molecule has 0 bridgehead atoms. The molecule has 0 aliphatic rings. The standard InChI is InChI=1S/C30H38O/c1-7-22-14-9-11-17-26(22)29(3,4)20-24-16-13-19-28(31)25(24)21-30(5,6)27-18-12-10-15-23(27)8-2/h9-19,31H,7-8,20-21H2,1-6H3. The Morgan fingerprint density at radius 2 is 1.03 bits per heavy atom. The third-order valence-corrected chi connectivity index (χ3v) is 6.75. The Morgan fingerprint density at radius 3 is 1.55 bits per heavy atom. The first-order valence-corrected chi connectivity index (χ1v) is 11.7. The van der Waals surface area contributed by atoms with E-state index in [4.69, 9.17) is 0 Å². The molecule has 0 heterocycles. The molecule has 0 amide bonds. The lowest BCUT2D eigenvalue weighted by Crippen LogP contribution is -2.26. The molecule has 0 unspecified atom stereocenters. The third kappa shape index (κ3) is 5.03. The first-order valence-electron chi connectivity index (χ1n) is 11.7. The molecule has 0 spiro atoms. The molecule has 0 fully saturated rings. The lowest BCUT2D eigenvalue weighted by Gasteiger charge is -2.32. The van der Waals surface area contributed by atoms with Crippen molar-refractivity contribution >= 4 is 0 Å². The Bertz CT molecular complexity index is 1030. The van der Waals surface area contributed by atoms with Gasteiger partial charge in [-0.05, 0) is 76.0 Å². The Hall–Kier alpha value is -2.54. The van der Waals surface area contributed by atoms with Gasteiger partial charge in [-0.1, -0.05) is 102 Å². The molecule has 0 aliphatic heterocycles. The summed E-state index contributed by atoms with van der Waals surface area (Å²) in [4.78, 5) is 0. The highest BCUT2D eigenvalue weighted by Gasteiger charge is 2.29. The van der Waals surface area contributed by atoms with Crippen molar-refractivity contribution < 1.29 is 5.11 Å². The van der Waals surface area contributed by atoms with E-state index in [2.05, 4.69) is 96.1 Å². The average molecular weight is 415 g/mol. The van der Waals surface area contributed by atoms with Crippen molar-refractivity contribution in [2.24, 2.45) is 0 Å². The summed E-state index contributed by atoms with van der Waals surface area (Å²) in [5, 5.41) is 10.9. The van der Waals surface area contributed by atoms with Crippen LogP contribution in [0.1, 0.15) is 74.9 Å². The average Bonchev–Trinajstić information content (AvgIpc) is 2.76. The van der Waals surface area contributed by atoms with E-state index < -0.39 is 0 Å². The monoisotopic (exact) mass is 414 g/mol. The van der Waals surface area contributed by atoms with Gasteiger partial charge < -0.3 is 5.11 Å². The zero-order valence-corrected chi connectivity index (χ0v) is 20.1. The highest BCUT2D eigenvalue weighted by molar-refractivity contribution is 5.45. The molecule has 31 heavy (non-hydrogen) atoms. The van der Waals surface area contributed by atoms with Crippen molar-refractivity contribution in [1.82, 2.24) is 0 Å². The normalized spacial score (nSPS) is 12.2. The van der Waals surface area contributed by atoms with Crippen molar-refractivity contribution in [3.63, 3.8) is 0 Å². The molecular formula is C30H38O. The molecule has 0 radical (unpaired) electrons. The third-order valence-electron chi connectivity index (χ3n) is 6.75. The maximum absolute atomic E-state index is 10.9. The van der Waals surface area contributed by atoms with Crippen molar-refractivity contribution in [2.45, 2.75) is 78.1 Å². The second kappa shape index (κ2) is 9.30. The first-order chi connectivity index (χ1) is 14.7. The molecule has 0 aliphatic carbocycles. The van der Waals surface area contributed by atoms with Gasteiger partial charge >= 0.3 is 0 Å². The van der Waals surface area contributed by atoms with Gasteiger partial charge in [-0.15, -0.1) is 0 Å². The lowest BCUT2D eigenvalue weighted by atomic mass is 9.72. The van der Waals surface area contributed by atoms with Gasteiger partial charge in [-0.3, -0.25) is 0 Å². The lowest BCUT2D eigenvalue weighted by molar-refractivity contribution is 0.442. The van der Waals surface area contributed by atoms with Crippen LogP contribution in [0.2, 0.25) is 0 Å². The van der Waals surface area contributed by atoms with Gasteiger partial charge in [0.05, 0.1) is 0 Å². The summed E-state index contributed by atoms with van der Waals surface area (Å²) in [6.45, 7) is 13.7. The Balaban J connectivity index is 1.99. The van der Waals surface area contributed by atoms with Crippen LogP contribution in [0.15, 0.2) is 66.7 Å². The van der Waals surface area contributed by atoms with Crippen molar-refractivity contribution in [3.05, 3.63) is 100 Å². The molecule has 164 valence electrons. The van der Waals surface area contributed by atoms with Crippen LogP contribution in [0.3, 0.4) is 0 Å². The molecule has 1 nitrogen and oxygen atoms in total. The molecule has 3 aromatic carbocycles. The second-order valence-corrected chi connectivity index (χ2v) is 10.1. The van der Waals surface area contributed by atoms with Gasteiger partial charge in [0.1, 0.15) is 5.75 Å². The fraction of sp³-hybridized carbons (Fsp3) is 0.400. The molecule has 0 atom stereocenters. The summed E-state index contributed by atoms with van der Waals surface area (Å²) in [7, 11) is 0. The van der Waals surface area contributed by atoms with E-state index in [-0.39, 0.29) is 10.8 Å². The number of hydrogen-bond donors (Lipinski definition) is 1. The molecule has 1 N–H and O–H groups in total. The predicted molar refractivity (Wildman–Crippen MR) is 133 cm³/mol. The van der Waals surface area contributed by atoms with Crippen molar-refractivity contribution in [2.75, 3.05) is 0 Å². The highest BCUT2D eigenvalue weighted by Crippen LogP contribution is 2.38. The van der Waals surface area contributed by atoms with E-state index in [1.807, 2.05) is 12.1 Å². The zero-order valence-electron chi connectivity index (χ0n) is 20.1. The number of phenols is 1. The van der Waals surface area contributed by atoms with Crippen LogP contribution in [-0.4, -0.2) is 5.11 Å². The van der Waals surface area contributed by atoms with Crippen molar-refractivity contribution in [3.8, 4) is 5.75 Å². The molecular weight excluding hydrogens is 376 g/mol. The van der Waals surface area contributed by atoms with Gasteiger partial charge in [0.25, 0.3) is 0 Å². The van der Waals surface area contributed by atoms with E-state index in [0.29, 0.717) is 5.75 Å². The van der Waals surface area contributed by atoms with E-state index in [9.17, 15) is 5.11 Å². The largest absolute Gasteiger partial charge is 0.508 e. The summed E-state index contributed by atoms with van der Waals surface area (Å²) in [5.41, 5.74) is 7.84. The van der Waals surface area contributed by atoms with Crippen LogP contribution in [0, 0.1) is 0 Å². The highest BCUT2D eigenvalue weighted by atomic mass is 16.3. The van der Waals surface area contributed by atoms with Crippen LogP contribution in [0.4, 0.5) is 0 Å². The van der Waals surface area contributed by atoms with Crippen LogP contribution in [0.25, 0.3) is 0 Å². The number of benzene rings is 3. The second-order valence-electron chi connectivity index (χ2n) is 10.1. The maximum atomic E-state index is 10.9. The van der Waals surface area contributed by atoms with Crippen LogP contribution in [0.5, 0.6) is 5.75 Å². The molecule has 0 saturated carbocycles. The Kier molecular flexibility index (Phi) is 6.94. The van der Waals surface area contributed by atoms with Gasteiger partial charge in [0, 0.05) is 0 Å². The number of rotatable bonds is 8. The minimum absolute atomic E-state index is 0.0133.